The van der Waals surface area contributed by atoms with Crippen molar-refractivity contribution < 1.29 is 18.4 Å². The predicted octanol–water partition coefficient (Wildman–Crippen LogP) is 2.63. The van der Waals surface area contributed by atoms with Gasteiger partial charge in [0.25, 0.3) is 5.69 Å². The van der Waals surface area contributed by atoms with Crippen molar-refractivity contribution in [3.8, 4) is 5.75 Å². The molecule has 1 rings (SSSR count). The second-order valence-corrected chi connectivity index (χ2v) is 2.76. The van der Waals surface area contributed by atoms with Crippen molar-refractivity contribution in [1.82, 2.24) is 0 Å². The molecular formula is C9H9F2NO3. The minimum Gasteiger partial charge on any atom is -0.460 e. The third kappa shape index (κ3) is 3.49. The molecule has 0 N–H and O–H groups in total. The van der Waals surface area contributed by atoms with Gasteiger partial charge in [0.15, 0.2) is 0 Å². The summed E-state index contributed by atoms with van der Waals surface area (Å²) in [4.78, 5) is 9.71. The Kier molecular flexibility index (Phi) is 3.96. The van der Waals surface area contributed by atoms with Gasteiger partial charge in [0, 0.05) is 18.6 Å². The molecule has 0 saturated heterocycles. The molecule has 0 amide bonds. The summed E-state index contributed by atoms with van der Waals surface area (Å²) in [5, 5.41) is 10.3. The highest BCUT2D eigenvalue weighted by molar-refractivity contribution is 5.35. The number of ether oxygens (including phenoxy) is 1. The van der Waals surface area contributed by atoms with E-state index in [2.05, 4.69) is 4.74 Å². The fraction of sp³-hybridized carbons (Fsp3) is 0.333. The van der Waals surface area contributed by atoms with Crippen LogP contribution in [0.2, 0.25) is 0 Å². The molecule has 82 valence electrons. The van der Waals surface area contributed by atoms with Gasteiger partial charge in [-0.25, -0.2) is 4.39 Å². The molecule has 15 heavy (non-hydrogen) atoms. The third-order valence-electron chi connectivity index (χ3n) is 1.65. The van der Waals surface area contributed by atoms with Crippen LogP contribution in [-0.4, -0.2) is 18.0 Å². The zero-order valence-corrected chi connectivity index (χ0v) is 7.73. The second-order valence-electron chi connectivity index (χ2n) is 2.76. The normalized spacial score (nSPS) is 12.1. The average molecular weight is 217 g/mol. The van der Waals surface area contributed by atoms with Crippen LogP contribution < -0.4 is 4.74 Å². The van der Waals surface area contributed by atoms with Crippen LogP contribution in [0.3, 0.4) is 0 Å². The van der Waals surface area contributed by atoms with Crippen molar-refractivity contribution in [2.45, 2.75) is 12.8 Å². The van der Waals surface area contributed by atoms with Gasteiger partial charge in [0.1, 0.15) is 5.75 Å². The largest absolute Gasteiger partial charge is 0.460 e. The fourth-order valence-electron chi connectivity index (χ4n) is 0.939. The molecule has 1 aromatic rings. The lowest BCUT2D eigenvalue weighted by atomic mass is 10.3. The molecule has 0 aliphatic heterocycles. The Hall–Kier alpha value is -1.72. The van der Waals surface area contributed by atoms with Gasteiger partial charge in [-0.3, -0.25) is 14.5 Å². The highest BCUT2D eigenvalue weighted by Crippen LogP contribution is 2.19. The molecule has 0 radical (unpaired) electrons. The quantitative estimate of drug-likeness (QED) is 0.562. The van der Waals surface area contributed by atoms with Crippen LogP contribution in [-0.2, 0) is 0 Å². The molecular weight excluding hydrogens is 208 g/mol. The number of hydrogen-bond donors (Lipinski definition) is 0. The minimum absolute atomic E-state index is 0.108. The van der Waals surface area contributed by atoms with Crippen LogP contribution in [0.25, 0.3) is 0 Å². The lowest BCUT2D eigenvalue weighted by molar-refractivity contribution is -0.384. The zero-order chi connectivity index (χ0) is 11.3. The fourth-order valence-corrected chi connectivity index (χ4v) is 0.939. The maximum atomic E-state index is 12.8. The van der Waals surface area contributed by atoms with E-state index in [1.165, 1.54) is 24.3 Å². The molecule has 0 aliphatic carbocycles. The lowest BCUT2D eigenvalue weighted by Crippen LogP contribution is -2.10. The zero-order valence-electron chi connectivity index (χ0n) is 7.73. The Morgan fingerprint density at radius 2 is 2.00 bits per heavy atom. The van der Waals surface area contributed by atoms with Crippen LogP contribution in [0.5, 0.6) is 5.75 Å². The van der Waals surface area contributed by atoms with Gasteiger partial charge < -0.3 is 4.74 Å². The lowest BCUT2D eigenvalue weighted by Gasteiger charge is -2.08. The number of nitrogens with zero attached hydrogens (tertiary/aromatic N) is 1. The molecule has 0 spiro atoms. The standard InChI is InChI=1S/C9H9F2NO3/c10-6-5-9(11)15-8-3-1-7(2-4-8)12(13)14/h1-4,9H,5-6H2. The highest BCUT2D eigenvalue weighted by Gasteiger charge is 2.09. The van der Waals surface area contributed by atoms with E-state index in [4.69, 9.17) is 0 Å². The third-order valence-corrected chi connectivity index (χ3v) is 1.65. The summed E-state index contributed by atoms with van der Waals surface area (Å²) < 4.78 is 29.1. The Bertz CT molecular complexity index is 329. The number of nitro benzene ring substituents is 1. The SMILES string of the molecule is O=[N+]([O-])c1ccc(OC(F)CCF)cc1. The van der Waals surface area contributed by atoms with Crippen molar-refractivity contribution in [2.24, 2.45) is 0 Å². The van der Waals surface area contributed by atoms with E-state index in [1.807, 2.05) is 0 Å². The van der Waals surface area contributed by atoms with Gasteiger partial charge in [-0.05, 0) is 12.1 Å². The highest BCUT2D eigenvalue weighted by atomic mass is 19.2. The first-order chi connectivity index (χ1) is 7.13. The van der Waals surface area contributed by atoms with Crippen LogP contribution in [0.1, 0.15) is 6.42 Å². The molecule has 0 saturated carbocycles. The summed E-state index contributed by atoms with van der Waals surface area (Å²) in [5.41, 5.74) is -0.108. The van der Waals surface area contributed by atoms with E-state index in [0.29, 0.717) is 0 Å². The molecule has 0 bridgehead atoms. The van der Waals surface area contributed by atoms with E-state index in [-0.39, 0.29) is 17.9 Å². The van der Waals surface area contributed by atoms with Crippen LogP contribution in [0, 0.1) is 10.1 Å². The number of non-ortho nitro benzene ring substituents is 1. The van der Waals surface area contributed by atoms with Gasteiger partial charge in [-0.15, -0.1) is 0 Å². The molecule has 1 atom stereocenters. The minimum atomic E-state index is -1.73. The van der Waals surface area contributed by atoms with E-state index in [9.17, 15) is 18.9 Å². The number of hydrogen-bond acceptors (Lipinski definition) is 3. The van der Waals surface area contributed by atoms with E-state index < -0.39 is 18.0 Å². The maximum absolute atomic E-state index is 12.8. The van der Waals surface area contributed by atoms with Gasteiger partial charge in [-0.2, -0.15) is 0 Å². The molecule has 0 aromatic heterocycles. The molecule has 4 nitrogen and oxygen atoms in total. The first kappa shape index (κ1) is 11.4. The van der Waals surface area contributed by atoms with Crippen LogP contribution in [0.4, 0.5) is 14.5 Å². The molecule has 1 aromatic carbocycles. The maximum Gasteiger partial charge on any atom is 0.269 e. The van der Waals surface area contributed by atoms with E-state index in [1.54, 1.807) is 0 Å². The van der Waals surface area contributed by atoms with Gasteiger partial charge in [-0.1, -0.05) is 0 Å². The number of alkyl halides is 2. The topological polar surface area (TPSA) is 52.4 Å². The second kappa shape index (κ2) is 5.23. The van der Waals surface area contributed by atoms with Crippen molar-refractivity contribution in [3.05, 3.63) is 34.4 Å². The van der Waals surface area contributed by atoms with Gasteiger partial charge in [0.2, 0.25) is 6.36 Å². The van der Waals surface area contributed by atoms with Gasteiger partial charge in [0.05, 0.1) is 11.6 Å². The Balaban J connectivity index is 2.60. The van der Waals surface area contributed by atoms with Crippen molar-refractivity contribution in [3.63, 3.8) is 0 Å². The number of benzene rings is 1. The van der Waals surface area contributed by atoms with Crippen LogP contribution >= 0.6 is 0 Å². The first-order valence-corrected chi connectivity index (χ1v) is 4.24. The van der Waals surface area contributed by atoms with E-state index >= 15 is 0 Å². The molecule has 6 heteroatoms. The molecule has 0 fully saturated rings. The van der Waals surface area contributed by atoms with Crippen molar-refractivity contribution in [1.29, 1.82) is 0 Å². The van der Waals surface area contributed by atoms with E-state index in [0.717, 1.165) is 0 Å². The van der Waals surface area contributed by atoms with Crippen molar-refractivity contribution in [2.75, 3.05) is 6.67 Å². The van der Waals surface area contributed by atoms with Crippen LogP contribution in [0.15, 0.2) is 24.3 Å². The predicted molar refractivity (Wildman–Crippen MR) is 49.2 cm³/mol. The monoisotopic (exact) mass is 217 g/mol. The smallest absolute Gasteiger partial charge is 0.269 e. The van der Waals surface area contributed by atoms with Crippen molar-refractivity contribution >= 4 is 5.69 Å². The summed E-state index contributed by atoms with van der Waals surface area (Å²) in [6.07, 6.45) is -2.08. The number of nitro groups is 1. The Morgan fingerprint density at radius 1 is 1.40 bits per heavy atom. The average Bonchev–Trinajstić information content (AvgIpc) is 2.18. The summed E-state index contributed by atoms with van der Waals surface area (Å²) >= 11 is 0. The molecule has 1 unspecified atom stereocenters. The Labute approximate surface area is 84.6 Å². The summed E-state index contributed by atoms with van der Waals surface area (Å²) in [5.74, 6) is 0.140. The van der Waals surface area contributed by atoms with Gasteiger partial charge >= 0.3 is 0 Å². The number of rotatable bonds is 5. The number of halogens is 2. The molecule has 0 aliphatic rings. The summed E-state index contributed by atoms with van der Waals surface area (Å²) in [6.45, 7) is -0.811. The summed E-state index contributed by atoms with van der Waals surface area (Å²) in [6, 6.07) is 4.92. The summed E-state index contributed by atoms with van der Waals surface area (Å²) in [7, 11) is 0. The first-order valence-electron chi connectivity index (χ1n) is 4.24. The Morgan fingerprint density at radius 3 is 2.47 bits per heavy atom. The molecule has 0 heterocycles.